The minimum Gasteiger partial charge on any atom is -0.484 e. The zero-order chi connectivity index (χ0) is 21.5. The van der Waals surface area contributed by atoms with E-state index in [9.17, 15) is 22.4 Å². The molecule has 1 aliphatic rings. The average molecular weight is 422 g/mol. The van der Waals surface area contributed by atoms with E-state index in [0.29, 0.717) is 31.0 Å². The van der Waals surface area contributed by atoms with Crippen molar-refractivity contribution in [3.05, 3.63) is 59.3 Å². The van der Waals surface area contributed by atoms with Crippen LogP contribution in [-0.4, -0.2) is 45.1 Å². The van der Waals surface area contributed by atoms with E-state index < -0.39 is 17.7 Å². The topological polar surface area (TPSA) is 59.7 Å². The number of halogens is 4. The molecule has 158 valence electrons. The minimum absolute atomic E-state index is 0.127. The Bertz CT molecular complexity index is 1080. The second-order valence-corrected chi connectivity index (χ2v) is 7.19. The summed E-state index contributed by atoms with van der Waals surface area (Å²) in [5.74, 6) is -0.470. The molecule has 30 heavy (non-hydrogen) atoms. The molecule has 2 aromatic heterocycles. The quantitative estimate of drug-likeness (QED) is 0.603. The number of ether oxygens (including phenoxy) is 1. The van der Waals surface area contributed by atoms with Gasteiger partial charge in [0.1, 0.15) is 17.3 Å². The molecular formula is C20H18F4N4O2. The largest absolute Gasteiger partial charge is 0.484 e. The van der Waals surface area contributed by atoms with Crippen LogP contribution in [0, 0.1) is 12.7 Å². The predicted octanol–water partition coefficient (Wildman–Crippen LogP) is 3.59. The Hall–Kier alpha value is -3.17. The zero-order valence-electron chi connectivity index (χ0n) is 16.0. The summed E-state index contributed by atoms with van der Waals surface area (Å²) in [5, 5.41) is 4.13. The molecule has 10 heteroatoms. The highest BCUT2D eigenvalue weighted by Gasteiger charge is 2.36. The summed E-state index contributed by atoms with van der Waals surface area (Å²) in [6, 6.07) is 7.83. The van der Waals surface area contributed by atoms with E-state index in [-0.39, 0.29) is 29.8 Å². The van der Waals surface area contributed by atoms with Gasteiger partial charge in [-0.15, -0.1) is 0 Å². The number of carbonyl (C=O) groups excluding carboxylic acids is 1. The number of alkyl halides is 3. The second-order valence-electron chi connectivity index (χ2n) is 7.19. The summed E-state index contributed by atoms with van der Waals surface area (Å²) in [6.07, 6.45) is -3.98. The van der Waals surface area contributed by atoms with Crippen LogP contribution >= 0.6 is 0 Å². The molecule has 6 nitrogen and oxygen atoms in total. The van der Waals surface area contributed by atoms with Crippen molar-refractivity contribution in [2.45, 2.75) is 25.4 Å². The van der Waals surface area contributed by atoms with Gasteiger partial charge in [0.25, 0.3) is 5.91 Å². The molecule has 1 amide bonds. The molecule has 1 fully saturated rings. The number of amides is 1. The lowest BCUT2D eigenvalue weighted by Crippen LogP contribution is -2.32. The fraction of sp³-hybridized carbons (Fsp3) is 0.350. The Kier molecular flexibility index (Phi) is 5.08. The SMILES string of the molecule is Cc1cc(C(F)(F)F)n2nc(C3CCN(C(=O)COc4ccc(F)cc4)C3)cc2n1. The molecule has 4 rings (SSSR count). The van der Waals surface area contributed by atoms with Crippen LogP contribution in [0.2, 0.25) is 0 Å². The number of aromatic nitrogens is 3. The molecule has 1 aromatic carbocycles. The van der Waals surface area contributed by atoms with E-state index in [1.807, 2.05) is 0 Å². The van der Waals surface area contributed by atoms with Gasteiger partial charge in [-0.3, -0.25) is 4.79 Å². The van der Waals surface area contributed by atoms with E-state index >= 15 is 0 Å². The number of carbonyl (C=O) groups is 1. The summed E-state index contributed by atoms with van der Waals surface area (Å²) >= 11 is 0. The fourth-order valence-corrected chi connectivity index (χ4v) is 3.51. The van der Waals surface area contributed by atoms with Crippen LogP contribution in [0.25, 0.3) is 5.65 Å². The number of aryl methyl sites for hydroxylation is 1. The van der Waals surface area contributed by atoms with Crippen molar-refractivity contribution in [2.24, 2.45) is 0 Å². The molecule has 0 aliphatic carbocycles. The Morgan fingerprint density at radius 1 is 1.23 bits per heavy atom. The van der Waals surface area contributed by atoms with E-state index in [4.69, 9.17) is 4.74 Å². The van der Waals surface area contributed by atoms with Crippen LogP contribution in [0.4, 0.5) is 17.6 Å². The third-order valence-corrected chi connectivity index (χ3v) is 5.00. The highest BCUT2D eigenvalue weighted by molar-refractivity contribution is 5.78. The summed E-state index contributed by atoms with van der Waals surface area (Å²) in [7, 11) is 0. The maximum atomic E-state index is 13.3. The Morgan fingerprint density at radius 2 is 1.97 bits per heavy atom. The second kappa shape index (κ2) is 7.58. The first-order valence-corrected chi connectivity index (χ1v) is 9.31. The van der Waals surface area contributed by atoms with Crippen molar-refractivity contribution < 1.29 is 27.1 Å². The van der Waals surface area contributed by atoms with Gasteiger partial charge < -0.3 is 9.64 Å². The molecule has 0 saturated carbocycles. The Balaban J connectivity index is 1.45. The van der Waals surface area contributed by atoms with Gasteiger partial charge in [-0.25, -0.2) is 13.9 Å². The monoisotopic (exact) mass is 422 g/mol. The van der Waals surface area contributed by atoms with E-state index in [1.165, 1.54) is 37.3 Å². The molecule has 0 spiro atoms. The van der Waals surface area contributed by atoms with E-state index in [1.54, 1.807) is 4.90 Å². The zero-order valence-corrected chi connectivity index (χ0v) is 16.0. The third-order valence-electron chi connectivity index (χ3n) is 5.00. The van der Waals surface area contributed by atoms with Crippen LogP contribution in [-0.2, 0) is 11.0 Å². The van der Waals surface area contributed by atoms with Crippen molar-refractivity contribution in [1.29, 1.82) is 0 Å². The van der Waals surface area contributed by atoms with Crippen LogP contribution < -0.4 is 4.74 Å². The van der Waals surface area contributed by atoms with E-state index in [0.717, 1.165) is 10.6 Å². The van der Waals surface area contributed by atoms with Crippen LogP contribution in [0.5, 0.6) is 5.75 Å². The van der Waals surface area contributed by atoms with Crippen LogP contribution in [0.3, 0.4) is 0 Å². The maximum Gasteiger partial charge on any atom is 0.433 e. The summed E-state index contributed by atoms with van der Waals surface area (Å²) in [4.78, 5) is 18.1. The summed E-state index contributed by atoms with van der Waals surface area (Å²) in [5.41, 5.74) is -0.0348. The number of rotatable bonds is 4. The maximum absolute atomic E-state index is 13.3. The van der Waals surface area contributed by atoms with Crippen molar-refractivity contribution in [3.63, 3.8) is 0 Å². The van der Waals surface area contributed by atoms with Gasteiger partial charge in [-0.1, -0.05) is 0 Å². The number of likely N-dealkylation sites (tertiary alicyclic amines) is 1. The van der Waals surface area contributed by atoms with Crippen molar-refractivity contribution in [1.82, 2.24) is 19.5 Å². The molecule has 1 saturated heterocycles. The lowest BCUT2D eigenvalue weighted by molar-refractivity contribution is -0.142. The van der Waals surface area contributed by atoms with Gasteiger partial charge in [0.05, 0.1) is 5.69 Å². The summed E-state index contributed by atoms with van der Waals surface area (Å²) in [6.45, 7) is 2.07. The van der Waals surface area contributed by atoms with Gasteiger partial charge in [0, 0.05) is 30.8 Å². The molecule has 1 aliphatic heterocycles. The summed E-state index contributed by atoms with van der Waals surface area (Å²) < 4.78 is 59.1. The number of nitrogens with zero attached hydrogens (tertiary/aromatic N) is 4. The smallest absolute Gasteiger partial charge is 0.433 e. The molecule has 3 aromatic rings. The van der Waals surface area contributed by atoms with E-state index in [2.05, 4.69) is 10.1 Å². The van der Waals surface area contributed by atoms with Crippen molar-refractivity contribution >= 4 is 11.6 Å². The molecule has 0 N–H and O–H groups in total. The number of benzene rings is 1. The fourth-order valence-electron chi connectivity index (χ4n) is 3.51. The van der Waals surface area contributed by atoms with Crippen molar-refractivity contribution in [3.8, 4) is 5.75 Å². The Labute approximate surface area is 169 Å². The molecule has 1 atom stereocenters. The number of hydrogen-bond donors (Lipinski definition) is 0. The average Bonchev–Trinajstić information content (AvgIpc) is 3.32. The first-order valence-electron chi connectivity index (χ1n) is 9.31. The number of hydrogen-bond acceptors (Lipinski definition) is 4. The first kappa shape index (κ1) is 20.1. The standard InChI is InChI=1S/C20H18F4N4O2/c1-12-8-17(20(22,23)24)28-18(25-12)9-16(26-28)13-6-7-27(10-13)19(29)11-30-15-4-2-14(21)3-5-15/h2-5,8-9,13H,6-7,10-11H2,1H3. The lowest BCUT2D eigenvalue weighted by Gasteiger charge is -2.16. The van der Waals surface area contributed by atoms with Gasteiger partial charge in [0.15, 0.2) is 12.3 Å². The molecule has 0 bridgehead atoms. The van der Waals surface area contributed by atoms with Gasteiger partial charge in [0.2, 0.25) is 0 Å². The molecule has 3 heterocycles. The first-order chi connectivity index (χ1) is 14.2. The van der Waals surface area contributed by atoms with Gasteiger partial charge in [-0.05, 0) is 43.7 Å². The number of fused-ring (bicyclic) bond motifs is 1. The van der Waals surface area contributed by atoms with Gasteiger partial charge >= 0.3 is 6.18 Å². The Morgan fingerprint density at radius 3 is 2.67 bits per heavy atom. The lowest BCUT2D eigenvalue weighted by atomic mass is 10.1. The molecular weight excluding hydrogens is 404 g/mol. The van der Waals surface area contributed by atoms with Crippen molar-refractivity contribution in [2.75, 3.05) is 19.7 Å². The van der Waals surface area contributed by atoms with Gasteiger partial charge in [-0.2, -0.15) is 18.3 Å². The molecule has 1 unspecified atom stereocenters. The minimum atomic E-state index is -4.55. The highest BCUT2D eigenvalue weighted by Crippen LogP contribution is 2.32. The van der Waals surface area contributed by atoms with Crippen LogP contribution in [0.1, 0.15) is 29.4 Å². The highest BCUT2D eigenvalue weighted by atomic mass is 19.4. The normalized spacial score (nSPS) is 17.0. The van der Waals surface area contributed by atoms with Crippen LogP contribution in [0.15, 0.2) is 36.4 Å². The predicted molar refractivity (Wildman–Crippen MR) is 98.6 cm³/mol. The third kappa shape index (κ3) is 4.07. The molecule has 0 radical (unpaired) electrons.